The van der Waals surface area contributed by atoms with Gasteiger partial charge < -0.3 is 10.6 Å². The smallest absolute Gasteiger partial charge is 0.274 e. The van der Waals surface area contributed by atoms with Crippen LogP contribution in [0.15, 0.2) is 73.1 Å². The van der Waals surface area contributed by atoms with Gasteiger partial charge in [0.1, 0.15) is 11.3 Å². The van der Waals surface area contributed by atoms with Gasteiger partial charge in [0.05, 0.1) is 16.4 Å². The van der Waals surface area contributed by atoms with Crippen LogP contribution >= 0.6 is 11.3 Å². The highest BCUT2D eigenvalue weighted by atomic mass is 32.1. The summed E-state index contributed by atoms with van der Waals surface area (Å²) in [5.74, 6) is -0.187. The van der Waals surface area contributed by atoms with Crippen molar-refractivity contribution in [3.05, 3.63) is 89.9 Å². The fourth-order valence-corrected chi connectivity index (χ4v) is 4.19. The summed E-state index contributed by atoms with van der Waals surface area (Å²) in [4.78, 5) is 21.7. The molecule has 0 atom stereocenters. The second kappa shape index (κ2) is 7.61. The fraction of sp³-hybridized carbons (Fsp3) is 0.0870. The van der Waals surface area contributed by atoms with Crippen LogP contribution in [0.25, 0.3) is 15.9 Å². The molecule has 0 fully saturated rings. The number of nitrogens with zero attached hydrogens (tertiary/aromatic N) is 3. The molecule has 0 saturated carbocycles. The number of amides is 1. The molecule has 148 valence electrons. The zero-order chi connectivity index (χ0) is 20.5. The van der Waals surface area contributed by atoms with Gasteiger partial charge >= 0.3 is 0 Å². The summed E-state index contributed by atoms with van der Waals surface area (Å²) >= 11 is 1.63. The Morgan fingerprint density at radius 2 is 1.97 bits per heavy atom. The molecular formula is C23H19N5OS. The summed E-state index contributed by atoms with van der Waals surface area (Å²) in [6, 6.07) is 19.8. The molecule has 5 aromatic rings. The number of rotatable bonds is 5. The van der Waals surface area contributed by atoms with Crippen molar-refractivity contribution in [2.24, 2.45) is 0 Å². The lowest BCUT2D eigenvalue weighted by Gasteiger charge is -2.11. The molecule has 0 unspecified atom stereocenters. The first-order chi connectivity index (χ1) is 14.7. The molecule has 0 radical (unpaired) electrons. The van der Waals surface area contributed by atoms with Gasteiger partial charge in [-0.15, -0.1) is 0 Å². The number of hydrogen-bond acceptors (Lipinski definition) is 5. The van der Waals surface area contributed by atoms with E-state index in [4.69, 9.17) is 0 Å². The quantitative estimate of drug-likeness (QED) is 0.420. The molecule has 30 heavy (non-hydrogen) atoms. The number of hydrogen-bond donors (Lipinski definition) is 2. The molecule has 3 heterocycles. The topological polar surface area (TPSA) is 71.3 Å². The van der Waals surface area contributed by atoms with Crippen LogP contribution in [-0.4, -0.2) is 20.3 Å². The van der Waals surface area contributed by atoms with Gasteiger partial charge in [-0.1, -0.05) is 41.7 Å². The highest BCUT2D eigenvalue weighted by Gasteiger charge is 2.13. The van der Waals surface area contributed by atoms with Crippen molar-refractivity contribution in [2.45, 2.75) is 13.5 Å². The Morgan fingerprint density at radius 1 is 1.10 bits per heavy atom. The van der Waals surface area contributed by atoms with Crippen LogP contribution in [0, 0.1) is 6.92 Å². The van der Waals surface area contributed by atoms with E-state index in [0.717, 1.165) is 37.8 Å². The summed E-state index contributed by atoms with van der Waals surface area (Å²) < 4.78 is 2.94. The lowest BCUT2D eigenvalue weighted by atomic mass is 10.1. The zero-order valence-electron chi connectivity index (χ0n) is 16.3. The van der Waals surface area contributed by atoms with Crippen molar-refractivity contribution in [3.63, 3.8) is 0 Å². The number of carbonyl (C=O) groups excluding carboxylic acids is 1. The van der Waals surface area contributed by atoms with Gasteiger partial charge in [-0.3, -0.25) is 9.20 Å². The summed E-state index contributed by atoms with van der Waals surface area (Å²) in [7, 11) is 0. The average molecular weight is 414 g/mol. The molecule has 6 nitrogen and oxygen atoms in total. The molecule has 0 aliphatic heterocycles. The Bertz CT molecular complexity index is 1340. The highest BCUT2D eigenvalue weighted by molar-refractivity contribution is 7.22. The summed E-state index contributed by atoms with van der Waals surface area (Å²) in [5.41, 5.74) is 5.09. The standard InChI is InChI=1S/C23H19N5OS/c1-15-9-10-16(13-25-23-27-17-6-2-3-7-20(17)30-23)12-18(15)26-22(29)19-14-24-21-8-4-5-11-28(19)21/h2-12,14H,13H2,1H3,(H,25,27)(H,26,29). The number of benzene rings is 2. The maximum absolute atomic E-state index is 12.8. The Hall–Kier alpha value is -3.71. The number of thiazole rings is 1. The second-order valence-corrected chi connectivity index (χ2v) is 8.05. The molecule has 0 aliphatic rings. The van der Waals surface area contributed by atoms with Gasteiger partial charge in [0.2, 0.25) is 0 Å². The molecule has 2 aromatic carbocycles. The van der Waals surface area contributed by atoms with Crippen LogP contribution in [0.2, 0.25) is 0 Å². The number of carbonyl (C=O) groups is 1. The van der Waals surface area contributed by atoms with Crippen molar-refractivity contribution in [3.8, 4) is 0 Å². The maximum Gasteiger partial charge on any atom is 0.274 e. The van der Waals surface area contributed by atoms with Crippen molar-refractivity contribution in [1.29, 1.82) is 0 Å². The fourth-order valence-electron chi connectivity index (χ4n) is 3.33. The molecular weight excluding hydrogens is 394 g/mol. The van der Waals surface area contributed by atoms with E-state index in [2.05, 4.69) is 32.7 Å². The molecule has 0 aliphatic carbocycles. The normalized spacial score (nSPS) is 11.1. The van der Waals surface area contributed by atoms with Crippen LogP contribution in [0.1, 0.15) is 21.6 Å². The first-order valence-electron chi connectivity index (χ1n) is 9.60. The van der Waals surface area contributed by atoms with Gasteiger partial charge in [-0.25, -0.2) is 9.97 Å². The van der Waals surface area contributed by atoms with E-state index in [0.29, 0.717) is 12.2 Å². The minimum Gasteiger partial charge on any atom is -0.357 e. The third kappa shape index (κ3) is 3.51. The van der Waals surface area contributed by atoms with Gasteiger partial charge in [0.15, 0.2) is 5.13 Å². The van der Waals surface area contributed by atoms with Crippen molar-refractivity contribution >= 4 is 43.9 Å². The Kier molecular flexibility index (Phi) is 4.65. The largest absolute Gasteiger partial charge is 0.357 e. The number of aromatic nitrogens is 3. The number of nitrogens with one attached hydrogen (secondary N) is 2. The van der Waals surface area contributed by atoms with E-state index in [-0.39, 0.29) is 5.91 Å². The molecule has 1 amide bonds. The first kappa shape index (κ1) is 18.3. The molecule has 0 saturated heterocycles. The third-order valence-electron chi connectivity index (χ3n) is 4.94. The minimum atomic E-state index is -0.187. The van der Waals surface area contributed by atoms with Gasteiger partial charge in [-0.2, -0.15) is 0 Å². The molecule has 0 spiro atoms. The second-order valence-electron chi connectivity index (χ2n) is 7.02. The summed E-state index contributed by atoms with van der Waals surface area (Å²) in [6.07, 6.45) is 3.43. The number of fused-ring (bicyclic) bond motifs is 2. The first-order valence-corrected chi connectivity index (χ1v) is 10.4. The molecule has 7 heteroatoms. The SMILES string of the molecule is Cc1ccc(CNc2nc3ccccc3s2)cc1NC(=O)c1cnc2ccccn12. The number of para-hydroxylation sites is 1. The van der Waals surface area contributed by atoms with Crippen molar-refractivity contribution in [1.82, 2.24) is 14.4 Å². The Labute approximate surface area is 177 Å². The van der Waals surface area contributed by atoms with Crippen molar-refractivity contribution < 1.29 is 4.79 Å². The van der Waals surface area contributed by atoms with E-state index < -0.39 is 0 Å². The highest BCUT2D eigenvalue weighted by Crippen LogP contribution is 2.26. The number of aryl methyl sites for hydroxylation is 1. The summed E-state index contributed by atoms with van der Waals surface area (Å²) in [5, 5.41) is 7.29. The predicted octanol–water partition coefficient (Wildman–Crippen LogP) is 5.12. The molecule has 3 aromatic heterocycles. The molecule has 2 N–H and O–H groups in total. The average Bonchev–Trinajstić information content (AvgIpc) is 3.38. The lowest BCUT2D eigenvalue weighted by molar-refractivity contribution is 0.102. The third-order valence-corrected chi connectivity index (χ3v) is 5.93. The van der Waals surface area contributed by atoms with Crippen LogP contribution in [-0.2, 0) is 6.54 Å². The molecule has 0 bridgehead atoms. The lowest BCUT2D eigenvalue weighted by Crippen LogP contribution is -2.15. The minimum absolute atomic E-state index is 0.187. The summed E-state index contributed by atoms with van der Waals surface area (Å²) in [6.45, 7) is 2.60. The van der Waals surface area contributed by atoms with Crippen LogP contribution < -0.4 is 10.6 Å². The van der Waals surface area contributed by atoms with E-state index in [1.54, 1.807) is 21.9 Å². The van der Waals surface area contributed by atoms with E-state index >= 15 is 0 Å². The maximum atomic E-state index is 12.8. The zero-order valence-corrected chi connectivity index (χ0v) is 17.1. The van der Waals surface area contributed by atoms with E-state index in [1.165, 1.54) is 0 Å². The number of anilines is 2. The van der Waals surface area contributed by atoms with Crippen LogP contribution in [0.4, 0.5) is 10.8 Å². The monoisotopic (exact) mass is 413 g/mol. The Balaban J connectivity index is 1.33. The Morgan fingerprint density at radius 3 is 2.87 bits per heavy atom. The van der Waals surface area contributed by atoms with Crippen LogP contribution in [0.3, 0.4) is 0 Å². The number of pyridine rings is 1. The number of imidazole rings is 1. The van der Waals surface area contributed by atoms with Gasteiger partial charge in [0, 0.05) is 18.4 Å². The van der Waals surface area contributed by atoms with Gasteiger partial charge in [-0.05, 0) is 48.4 Å². The predicted molar refractivity (Wildman–Crippen MR) is 121 cm³/mol. The van der Waals surface area contributed by atoms with Crippen molar-refractivity contribution in [2.75, 3.05) is 10.6 Å². The van der Waals surface area contributed by atoms with Gasteiger partial charge in [0.25, 0.3) is 5.91 Å². The van der Waals surface area contributed by atoms with E-state index in [1.807, 2.05) is 61.7 Å². The molecule has 5 rings (SSSR count). The van der Waals surface area contributed by atoms with Crippen LogP contribution in [0.5, 0.6) is 0 Å². The van der Waals surface area contributed by atoms with E-state index in [9.17, 15) is 4.79 Å².